The topological polar surface area (TPSA) is 62.5 Å². The Hall–Kier alpha value is -2.96. The molecule has 3 heterocycles. The Morgan fingerprint density at radius 2 is 2.00 bits per heavy atom. The first-order chi connectivity index (χ1) is 12.6. The first kappa shape index (κ1) is 16.5. The quantitative estimate of drug-likeness (QED) is 0.786. The van der Waals surface area contributed by atoms with E-state index in [9.17, 15) is 9.18 Å². The minimum atomic E-state index is -0.319. The summed E-state index contributed by atoms with van der Waals surface area (Å²) in [7, 11) is 0. The van der Waals surface area contributed by atoms with Crippen molar-refractivity contribution in [2.75, 3.05) is 23.3 Å². The number of carbonyl (C=O) groups is 1. The van der Waals surface area contributed by atoms with Gasteiger partial charge in [0.05, 0.1) is 5.92 Å². The van der Waals surface area contributed by atoms with Crippen LogP contribution < -0.4 is 10.2 Å². The third kappa shape index (κ3) is 3.12. The highest BCUT2D eigenvalue weighted by Crippen LogP contribution is 2.24. The number of fused-ring (bicyclic) bond motifs is 1. The highest BCUT2D eigenvalue weighted by Gasteiger charge is 2.28. The highest BCUT2D eigenvalue weighted by atomic mass is 19.1. The van der Waals surface area contributed by atoms with Crippen LogP contribution in [0, 0.1) is 18.7 Å². The van der Waals surface area contributed by atoms with Gasteiger partial charge in [-0.3, -0.25) is 9.20 Å². The summed E-state index contributed by atoms with van der Waals surface area (Å²) < 4.78 is 15.0. The third-order valence-corrected chi connectivity index (χ3v) is 4.79. The number of nitrogens with zero attached hydrogens (tertiary/aromatic N) is 4. The molecular weight excluding hydrogens is 333 g/mol. The van der Waals surface area contributed by atoms with E-state index in [1.54, 1.807) is 12.1 Å². The van der Waals surface area contributed by atoms with Crippen molar-refractivity contribution in [2.45, 2.75) is 19.8 Å². The standard InChI is InChI=1S/C19H20FN5O/c1-13-4-2-6-17-22-23-19(25(13)17)24-11-3-5-14(12-24)18(26)21-16-9-7-15(20)8-10-16/h2,4,6-10,14H,3,5,11-12H2,1H3,(H,21,26)/t14-/m1/s1. The van der Waals surface area contributed by atoms with Crippen LogP contribution in [0.2, 0.25) is 0 Å². The molecule has 134 valence electrons. The maximum atomic E-state index is 13.0. The molecule has 1 atom stereocenters. The number of aryl methyl sites for hydroxylation is 1. The molecule has 1 N–H and O–H groups in total. The molecule has 1 amide bonds. The fourth-order valence-corrected chi connectivity index (χ4v) is 3.44. The largest absolute Gasteiger partial charge is 0.340 e. The molecule has 0 aliphatic carbocycles. The van der Waals surface area contributed by atoms with Gasteiger partial charge in [-0.1, -0.05) is 6.07 Å². The fraction of sp³-hybridized carbons (Fsp3) is 0.316. The highest BCUT2D eigenvalue weighted by molar-refractivity contribution is 5.93. The van der Waals surface area contributed by atoms with Gasteiger partial charge in [-0.05, 0) is 56.2 Å². The molecule has 26 heavy (non-hydrogen) atoms. The number of pyridine rings is 1. The first-order valence-corrected chi connectivity index (χ1v) is 8.74. The van der Waals surface area contributed by atoms with E-state index in [4.69, 9.17) is 0 Å². The number of hydrogen-bond acceptors (Lipinski definition) is 4. The lowest BCUT2D eigenvalue weighted by Gasteiger charge is -2.32. The molecule has 4 rings (SSSR count). The summed E-state index contributed by atoms with van der Waals surface area (Å²) in [6.45, 7) is 3.44. The number of aromatic nitrogens is 3. The number of halogens is 1. The number of hydrogen-bond donors (Lipinski definition) is 1. The molecule has 1 aliphatic rings. The number of amides is 1. The number of nitrogens with one attached hydrogen (secondary N) is 1. The van der Waals surface area contributed by atoms with E-state index in [-0.39, 0.29) is 17.6 Å². The first-order valence-electron chi connectivity index (χ1n) is 8.74. The van der Waals surface area contributed by atoms with Gasteiger partial charge in [0.1, 0.15) is 5.82 Å². The summed E-state index contributed by atoms with van der Waals surface area (Å²) in [5.41, 5.74) is 2.47. The van der Waals surface area contributed by atoms with E-state index in [0.29, 0.717) is 12.2 Å². The molecule has 0 radical (unpaired) electrons. The van der Waals surface area contributed by atoms with E-state index in [1.807, 2.05) is 29.5 Å². The molecule has 1 fully saturated rings. The van der Waals surface area contributed by atoms with Gasteiger partial charge in [-0.25, -0.2) is 4.39 Å². The van der Waals surface area contributed by atoms with Gasteiger partial charge in [-0.2, -0.15) is 0 Å². The van der Waals surface area contributed by atoms with Crippen LogP contribution in [0.15, 0.2) is 42.5 Å². The Morgan fingerprint density at radius 3 is 2.81 bits per heavy atom. The van der Waals surface area contributed by atoms with Crippen LogP contribution in [-0.4, -0.2) is 33.6 Å². The van der Waals surface area contributed by atoms with Crippen LogP contribution in [0.5, 0.6) is 0 Å². The molecule has 1 saturated heterocycles. The number of rotatable bonds is 3. The lowest BCUT2D eigenvalue weighted by molar-refractivity contribution is -0.120. The predicted octanol–water partition coefficient (Wildman–Crippen LogP) is 3.03. The van der Waals surface area contributed by atoms with Crippen molar-refractivity contribution in [3.8, 4) is 0 Å². The molecule has 3 aromatic rings. The molecule has 1 aliphatic heterocycles. The molecule has 0 unspecified atom stereocenters. The maximum Gasteiger partial charge on any atom is 0.231 e. The Labute approximate surface area is 150 Å². The SMILES string of the molecule is Cc1cccc2nnc(N3CCC[C@@H](C(=O)Nc4ccc(F)cc4)C3)n12. The number of anilines is 2. The minimum absolute atomic E-state index is 0.0492. The van der Waals surface area contributed by atoms with Crippen LogP contribution in [0.1, 0.15) is 18.5 Å². The normalized spacial score (nSPS) is 17.5. The van der Waals surface area contributed by atoms with Crippen molar-refractivity contribution in [3.05, 3.63) is 54.0 Å². The zero-order valence-corrected chi connectivity index (χ0v) is 14.5. The van der Waals surface area contributed by atoms with E-state index < -0.39 is 0 Å². The van der Waals surface area contributed by atoms with Crippen LogP contribution in [0.3, 0.4) is 0 Å². The van der Waals surface area contributed by atoms with Crippen molar-refractivity contribution in [1.82, 2.24) is 14.6 Å². The van der Waals surface area contributed by atoms with Gasteiger partial charge in [0.25, 0.3) is 0 Å². The Morgan fingerprint density at radius 1 is 1.19 bits per heavy atom. The van der Waals surface area contributed by atoms with Gasteiger partial charge in [-0.15, -0.1) is 10.2 Å². The second-order valence-electron chi connectivity index (χ2n) is 6.64. The van der Waals surface area contributed by atoms with Crippen molar-refractivity contribution in [2.24, 2.45) is 5.92 Å². The summed E-state index contributed by atoms with van der Waals surface area (Å²) in [6.07, 6.45) is 1.72. The smallest absolute Gasteiger partial charge is 0.231 e. The summed E-state index contributed by atoms with van der Waals surface area (Å²) >= 11 is 0. The Balaban J connectivity index is 1.51. The third-order valence-electron chi connectivity index (χ3n) is 4.79. The second-order valence-corrected chi connectivity index (χ2v) is 6.64. The van der Waals surface area contributed by atoms with Crippen molar-refractivity contribution < 1.29 is 9.18 Å². The monoisotopic (exact) mass is 353 g/mol. The average molecular weight is 353 g/mol. The number of benzene rings is 1. The van der Waals surface area contributed by atoms with E-state index in [2.05, 4.69) is 20.4 Å². The van der Waals surface area contributed by atoms with Crippen molar-refractivity contribution in [3.63, 3.8) is 0 Å². The van der Waals surface area contributed by atoms with Gasteiger partial charge in [0.2, 0.25) is 11.9 Å². The summed E-state index contributed by atoms with van der Waals surface area (Å²) in [5, 5.41) is 11.4. The van der Waals surface area contributed by atoms with E-state index in [1.165, 1.54) is 12.1 Å². The summed E-state index contributed by atoms with van der Waals surface area (Å²) in [4.78, 5) is 14.7. The van der Waals surface area contributed by atoms with Crippen LogP contribution in [0.4, 0.5) is 16.0 Å². The van der Waals surface area contributed by atoms with Gasteiger partial charge < -0.3 is 10.2 Å². The molecule has 7 heteroatoms. The lowest BCUT2D eigenvalue weighted by Crippen LogP contribution is -2.41. The molecular formula is C19H20FN5O. The van der Waals surface area contributed by atoms with Crippen LogP contribution in [0.25, 0.3) is 5.65 Å². The number of carbonyl (C=O) groups excluding carboxylic acids is 1. The lowest BCUT2D eigenvalue weighted by atomic mass is 9.97. The molecule has 1 aromatic carbocycles. The van der Waals surface area contributed by atoms with Crippen molar-refractivity contribution >= 4 is 23.2 Å². The molecule has 2 aromatic heterocycles. The second kappa shape index (κ2) is 6.74. The fourth-order valence-electron chi connectivity index (χ4n) is 3.44. The predicted molar refractivity (Wildman–Crippen MR) is 97.7 cm³/mol. The number of piperidine rings is 1. The van der Waals surface area contributed by atoms with E-state index in [0.717, 1.165) is 36.7 Å². The van der Waals surface area contributed by atoms with Gasteiger partial charge in [0, 0.05) is 24.5 Å². The minimum Gasteiger partial charge on any atom is -0.340 e. The molecule has 6 nitrogen and oxygen atoms in total. The zero-order valence-electron chi connectivity index (χ0n) is 14.5. The molecule has 0 saturated carbocycles. The van der Waals surface area contributed by atoms with Crippen LogP contribution >= 0.6 is 0 Å². The van der Waals surface area contributed by atoms with E-state index >= 15 is 0 Å². The molecule has 0 spiro atoms. The Bertz CT molecular complexity index is 937. The van der Waals surface area contributed by atoms with Crippen molar-refractivity contribution in [1.29, 1.82) is 0 Å². The Kier molecular flexibility index (Phi) is 4.28. The van der Waals surface area contributed by atoms with Gasteiger partial charge in [0.15, 0.2) is 5.65 Å². The average Bonchev–Trinajstić information content (AvgIpc) is 3.09. The maximum absolute atomic E-state index is 13.0. The van der Waals surface area contributed by atoms with Gasteiger partial charge >= 0.3 is 0 Å². The summed E-state index contributed by atoms with van der Waals surface area (Å²) in [5.74, 6) is 0.260. The van der Waals surface area contributed by atoms with Crippen LogP contribution in [-0.2, 0) is 4.79 Å². The molecule has 0 bridgehead atoms. The summed E-state index contributed by atoms with van der Waals surface area (Å²) in [6, 6.07) is 11.7. The zero-order chi connectivity index (χ0) is 18.1.